The first-order valence-corrected chi connectivity index (χ1v) is 11.7. The number of carbonyl (C=O) groups is 1. The molecule has 1 aliphatic heterocycles. The van der Waals surface area contributed by atoms with Crippen molar-refractivity contribution in [3.63, 3.8) is 0 Å². The Bertz CT molecular complexity index is 1410. The van der Waals surface area contributed by atoms with Crippen molar-refractivity contribution in [3.05, 3.63) is 126 Å². The van der Waals surface area contributed by atoms with E-state index in [1.165, 1.54) is 5.56 Å². The molecule has 178 valence electrons. The molecule has 0 saturated carbocycles. The van der Waals surface area contributed by atoms with Crippen molar-refractivity contribution < 1.29 is 19.0 Å². The molecular formula is C31H25NO4. The Kier molecular flexibility index (Phi) is 6.90. The van der Waals surface area contributed by atoms with Crippen LogP contribution in [0.25, 0.3) is 17.2 Å². The van der Waals surface area contributed by atoms with Gasteiger partial charge in [0.2, 0.25) is 5.90 Å². The summed E-state index contributed by atoms with van der Waals surface area (Å²) in [5, 5.41) is 0. The maximum absolute atomic E-state index is 12.5. The highest BCUT2D eigenvalue weighted by Gasteiger charge is 2.24. The van der Waals surface area contributed by atoms with Gasteiger partial charge in [0.1, 0.15) is 0 Å². The van der Waals surface area contributed by atoms with E-state index in [9.17, 15) is 4.79 Å². The van der Waals surface area contributed by atoms with E-state index in [1.807, 2.05) is 78.9 Å². The smallest absolute Gasteiger partial charge is 0.363 e. The number of hydrogen-bond acceptors (Lipinski definition) is 5. The first-order chi connectivity index (χ1) is 17.7. The van der Waals surface area contributed by atoms with Crippen LogP contribution in [0.15, 0.2) is 114 Å². The van der Waals surface area contributed by atoms with Crippen LogP contribution in [0.2, 0.25) is 0 Å². The van der Waals surface area contributed by atoms with Crippen molar-refractivity contribution in [2.75, 3.05) is 13.7 Å². The van der Waals surface area contributed by atoms with Gasteiger partial charge in [0, 0.05) is 12.0 Å². The fourth-order valence-electron chi connectivity index (χ4n) is 3.94. The first kappa shape index (κ1) is 23.1. The number of benzene rings is 4. The summed E-state index contributed by atoms with van der Waals surface area (Å²) in [7, 11) is 1.59. The van der Waals surface area contributed by atoms with E-state index < -0.39 is 5.97 Å². The molecule has 0 radical (unpaired) electrons. The van der Waals surface area contributed by atoms with Crippen LogP contribution in [-0.4, -0.2) is 25.6 Å². The molecule has 36 heavy (non-hydrogen) atoms. The highest BCUT2D eigenvalue weighted by Crippen LogP contribution is 2.30. The second-order valence-electron chi connectivity index (χ2n) is 8.27. The molecule has 0 aliphatic carbocycles. The second-order valence-corrected chi connectivity index (χ2v) is 8.27. The summed E-state index contributed by atoms with van der Waals surface area (Å²) in [4.78, 5) is 16.9. The summed E-state index contributed by atoms with van der Waals surface area (Å²) in [6.07, 6.45) is 2.48. The Morgan fingerprint density at radius 3 is 2.17 bits per heavy atom. The normalized spacial score (nSPS) is 13.9. The van der Waals surface area contributed by atoms with E-state index >= 15 is 0 Å². The lowest BCUT2D eigenvalue weighted by Crippen LogP contribution is -2.05. The van der Waals surface area contributed by atoms with E-state index in [1.54, 1.807) is 13.2 Å². The highest BCUT2D eigenvalue weighted by atomic mass is 16.6. The minimum absolute atomic E-state index is 0.233. The zero-order valence-electron chi connectivity index (χ0n) is 19.9. The predicted octanol–water partition coefficient (Wildman–Crippen LogP) is 6.33. The number of hydrogen-bond donors (Lipinski definition) is 0. The molecule has 1 aliphatic rings. The molecule has 0 bridgehead atoms. The fourth-order valence-corrected chi connectivity index (χ4v) is 3.94. The molecule has 5 rings (SSSR count). The van der Waals surface area contributed by atoms with E-state index in [0.29, 0.717) is 24.0 Å². The molecule has 0 amide bonds. The number of rotatable bonds is 8. The first-order valence-electron chi connectivity index (χ1n) is 11.7. The van der Waals surface area contributed by atoms with Crippen molar-refractivity contribution in [1.29, 1.82) is 0 Å². The number of nitrogens with zero attached hydrogens (tertiary/aromatic N) is 1. The molecule has 0 aromatic heterocycles. The molecule has 0 saturated heterocycles. The Balaban J connectivity index is 1.29. The summed E-state index contributed by atoms with van der Waals surface area (Å²) in [5.41, 5.74) is 5.15. The third kappa shape index (κ3) is 5.36. The van der Waals surface area contributed by atoms with Gasteiger partial charge in [-0.1, -0.05) is 78.9 Å². The number of aliphatic imine (C=N–C) groups is 1. The third-order valence-electron chi connectivity index (χ3n) is 5.84. The number of carbonyl (C=O) groups excluding carboxylic acids is 1. The average Bonchev–Trinajstić information content (AvgIpc) is 3.30. The van der Waals surface area contributed by atoms with Gasteiger partial charge < -0.3 is 14.2 Å². The summed E-state index contributed by atoms with van der Waals surface area (Å²) < 4.78 is 16.9. The van der Waals surface area contributed by atoms with E-state index in [4.69, 9.17) is 14.2 Å². The highest BCUT2D eigenvalue weighted by molar-refractivity contribution is 6.13. The lowest BCUT2D eigenvalue weighted by molar-refractivity contribution is -0.129. The van der Waals surface area contributed by atoms with Crippen molar-refractivity contribution in [2.45, 2.75) is 6.42 Å². The zero-order chi connectivity index (χ0) is 24.7. The topological polar surface area (TPSA) is 57.1 Å². The standard InChI is InChI=1S/C31H25NO4/c1-34-29-21-23(12-17-28(29)35-19-18-22-8-4-2-5-9-22)20-27-31(33)36-30(32-27)26-15-13-25(14-16-26)24-10-6-3-7-11-24/h2-17,20-21H,18-19H2,1H3/b27-20-. The zero-order valence-corrected chi connectivity index (χ0v) is 19.9. The molecule has 4 aromatic carbocycles. The van der Waals surface area contributed by atoms with Crippen LogP contribution in [0.1, 0.15) is 16.7 Å². The third-order valence-corrected chi connectivity index (χ3v) is 5.84. The van der Waals surface area contributed by atoms with Crippen molar-refractivity contribution in [3.8, 4) is 22.6 Å². The second kappa shape index (κ2) is 10.7. The van der Waals surface area contributed by atoms with Crippen molar-refractivity contribution >= 4 is 17.9 Å². The van der Waals surface area contributed by atoms with Crippen molar-refractivity contribution in [1.82, 2.24) is 0 Å². The van der Waals surface area contributed by atoms with Gasteiger partial charge in [-0.25, -0.2) is 9.79 Å². The lowest BCUT2D eigenvalue weighted by Gasteiger charge is -2.11. The maximum Gasteiger partial charge on any atom is 0.363 e. The fraction of sp³-hybridized carbons (Fsp3) is 0.0968. The lowest BCUT2D eigenvalue weighted by atomic mass is 10.0. The minimum atomic E-state index is -0.487. The van der Waals surface area contributed by atoms with Crippen LogP contribution in [0, 0.1) is 0 Å². The maximum atomic E-state index is 12.5. The number of ether oxygens (including phenoxy) is 3. The quantitative estimate of drug-likeness (QED) is 0.221. The molecular weight excluding hydrogens is 450 g/mol. The van der Waals surface area contributed by atoms with Gasteiger partial charge in [0.15, 0.2) is 17.2 Å². The molecule has 4 aromatic rings. The van der Waals surface area contributed by atoms with Gasteiger partial charge in [-0.2, -0.15) is 0 Å². The van der Waals surface area contributed by atoms with Gasteiger partial charge in [0.25, 0.3) is 0 Å². The Morgan fingerprint density at radius 1 is 0.778 bits per heavy atom. The molecule has 0 unspecified atom stereocenters. The number of methoxy groups -OCH3 is 1. The summed E-state index contributed by atoms with van der Waals surface area (Å²) in [5.74, 6) is 1.04. The Morgan fingerprint density at radius 2 is 1.44 bits per heavy atom. The monoisotopic (exact) mass is 475 g/mol. The average molecular weight is 476 g/mol. The van der Waals surface area contributed by atoms with E-state index in [0.717, 1.165) is 28.7 Å². The van der Waals surface area contributed by atoms with Gasteiger partial charge >= 0.3 is 5.97 Å². The largest absolute Gasteiger partial charge is 0.493 e. The summed E-state index contributed by atoms with van der Waals surface area (Å²) in [6.45, 7) is 0.532. The van der Waals surface area contributed by atoms with Crippen LogP contribution < -0.4 is 9.47 Å². The van der Waals surface area contributed by atoms with Crippen molar-refractivity contribution in [2.24, 2.45) is 4.99 Å². The van der Waals surface area contributed by atoms with Crippen LogP contribution in [0.3, 0.4) is 0 Å². The molecule has 1 heterocycles. The number of esters is 1. The van der Waals surface area contributed by atoms with Gasteiger partial charge in [-0.05, 0) is 52.6 Å². The molecule has 5 heteroatoms. The van der Waals surface area contributed by atoms with Crippen LogP contribution in [-0.2, 0) is 16.0 Å². The SMILES string of the molecule is COc1cc(/C=C2\N=C(c3ccc(-c4ccccc4)cc3)OC2=O)ccc1OCCc1ccccc1. The van der Waals surface area contributed by atoms with E-state index in [-0.39, 0.29) is 5.70 Å². The molecule has 0 atom stereocenters. The number of cyclic esters (lactones) is 1. The molecule has 0 spiro atoms. The summed E-state index contributed by atoms with van der Waals surface area (Å²) >= 11 is 0. The molecule has 0 N–H and O–H groups in total. The summed E-state index contributed by atoms with van der Waals surface area (Å²) in [6, 6.07) is 33.6. The Labute approximate surface area is 210 Å². The molecule has 5 nitrogen and oxygen atoms in total. The van der Waals surface area contributed by atoms with Gasteiger partial charge in [-0.15, -0.1) is 0 Å². The van der Waals surface area contributed by atoms with Crippen LogP contribution in [0.5, 0.6) is 11.5 Å². The van der Waals surface area contributed by atoms with Crippen LogP contribution in [0.4, 0.5) is 0 Å². The van der Waals surface area contributed by atoms with Gasteiger partial charge in [0.05, 0.1) is 13.7 Å². The van der Waals surface area contributed by atoms with E-state index in [2.05, 4.69) is 29.3 Å². The molecule has 0 fully saturated rings. The van der Waals surface area contributed by atoms with Gasteiger partial charge in [-0.3, -0.25) is 0 Å². The minimum Gasteiger partial charge on any atom is -0.493 e. The van der Waals surface area contributed by atoms with Crippen LogP contribution >= 0.6 is 0 Å². The predicted molar refractivity (Wildman–Crippen MR) is 141 cm³/mol. The Hall–Kier alpha value is -4.64.